The lowest BCUT2D eigenvalue weighted by molar-refractivity contribution is -0.132. The molecule has 0 aromatic heterocycles. The van der Waals surface area contributed by atoms with Crippen molar-refractivity contribution >= 4 is 17.5 Å². The first-order chi connectivity index (χ1) is 9.97. The molecule has 0 unspecified atom stereocenters. The molecule has 0 radical (unpaired) electrons. The number of nitrogens with zero attached hydrogens (tertiary/aromatic N) is 3. The number of amides is 2. The molecule has 0 spiro atoms. The molecule has 0 atom stereocenters. The van der Waals surface area contributed by atoms with Crippen LogP contribution < -0.4 is 4.90 Å². The van der Waals surface area contributed by atoms with E-state index >= 15 is 0 Å². The minimum Gasteiger partial charge on any atom is -0.339 e. The number of carbonyl (C=O) groups is 2. The Kier molecular flexibility index (Phi) is 4.90. The summed E-state index contributed by atoms with van der Waals surface area (Å²) in [5.41, 5.74) is 0.407. The van der Waals surface area contributed by atoms with Gasteiger partial charge in [-0.25, -0.2) is 4.39 Å². The molecule has 1 aliphatic rings. The molecule has 0 N–H and O–H groups in total. The summed E-state index contributed by atoms with van der Waals surface area (Å²) in [6.45, 7) is 4.29. The van der Waals surface area contributed by atoms with Crippen molar-refractivity contribution in [1.82, 2.24) is 9.80 Å². The van der Waals surface area contributed by atoms with Crippen molar-refractivity contribution in [3.8, 4) is 0 Å². The van der Waals surface area contributed by atoms with Crippen LogP contribution in [0.4, 0.5) is 10.1 Å². The lowest BCUT2D eigenvalue weighted by atomic mass is 10.2. The summed E-state index contributed by atoms with van der Waals surface area (Å²) in [5, 5.41) is 0. The molecule has 1 aliphatic heterocycles. The predicted octanol–water partition coefficient (Wildman–Crippen LogP) is 0.953. The summed E-state index contributed by atoms with van der Waals surface area (Å²) in [5.74, 6) is -0.809. The highest BCUT2D eigenvalue weighted by Gasteiger charge is 2.23. The maximum Gasteiger partial charge on any atom is 0.242 e. The largest absolute Gasteiger partial charge is 0.339 e. The highest BCUT2D eigenvalue weighted by Crippen LogP contribution is 2.16. The summed E-state index contributed by atoms with van der Waals surface area (Å²) in [6, 6.07) is 5.73. The summed E-state index contributed by atoms with van der Waals surface area (Å²) in [7, 11) is 2.01. The summed E-state index contributed by atoms with van der Waals surface area (Å²) in [6.07, 6.45) is 0. The monoisotopic (exact) mass is 293 g/mol. The van der Waals surface area contributed by atoms with Gasteiger partial charge in [-0.15, -0.1) is 0 Å². The first kappa shape index (κ1) is 15.4. The number of hydrogen-bond acceptors (Lipinski definition) is 3. The molecular weight excluding hydrogens is 273 g/mol. The third kappa shape index (κ3) is 4.01. The van der Waals surface area contributed by atoms with Crippen LogP contribution in [-0.4, -0.2) is 61.4 Å². The predicted molar refractivity (Wildman–Crippen MR) is 78.5 cm³/mol. The number of halogens is 1. The van der Waals surface area contributed by atoms with Crippen LogP contribution in [0, 0.1) is 5.82 Å². The van der Waals surface area contributed by atoms with Crippen molar-refractivity contribution in [3.63, 3.8) is 0 Å². The van der Waals surface area contributed by atoms with E-state index in [-0.39, 0.29) is 18.4 Å². The number of likely N-dealkylation sites (N-methyl/N-ethyl adjacent to an activating group) is 1. The van der Waals surface area contributed by atoms with E-state index < -0.39 is 5.82 Å². The maximum atomic E-state index is 13.3. The maximum absolute atomic E-state index is 13.3. The van der Waals surface area contributed by atoms with Gasteiger partial charge in [0, 0.05) is 38.8 Å². The molecule has 21 heavy (non-hydrogen) atoms. The number of rotatable bonds is 3. The molecule has 2 rings (SSSR count). The summed E-state index contributed by atoms with van der Waals surface area (Å²) < 4.78 is 13.3. The first-order valence-electron chi connectivity index (χ1n) is 6.97. The number of piperazine rings is 1. The minimum atomic E-state index is -0.425. The van der Waals surface area contributed by atoms with Gasteiger partial charge in [0.25, 0.3) is 0 Å². The Morgan fingerprint density at radius 2 is 1.90 bits per heavy atom. The lowest BCUT2D eigenvalue weighted by Crippen LogP contribution is -2.50. The van der Waals surface area contributed by atoms with Gasteiger partial charge in [-0.2, -0.15) is 0 Å². The quantitative estimate of drug-likeness (QED) is 0.833. The Balaban J connectivity index is 2.06. The van der Waals surface area contributed by atoms with Crippen LogP contribution in [0.2, 0.25) is 0 Å². The summed E-state index contributed by atoms with van der Waals surface area (Å²) >= 11 is 0. The SMILES string of the molecule is CC(=O)N(CC(=O)N1CCN(C)CC1)c1cccc(F)c1. The molecule has 1 fully saturated rings. The first-order valence-corrected chi connectivity index (χ1v) is 6.97. The molecule has 6 heteroatoms. The van der Waals surface area contributed by atoms with Crippen LogP contribution in [0.1, 0.15) is 6.92 Å². The number of carbonyl (C=O) groups excluding carboxylic acids is 2. The van der Waals surface area contributed by atoms with Gasteiger partial charge in [0.15, 0.2) is 0 Å². The van der Waals surface area contributed by atoms with Crippen LogP contribution >= 0.6 is 0 Å². The van der Waals surface area contributed by atoms with Crippen LogP contribution in [-0.2, 0) is 9.59 Å². The van der Waals surface area contributed by atoms with Crippen molar-refractivity contribution in [3.05, 3.63) is 30.1 Å². The molecule has 0 bridgehead atoms. The zero-order chi connectivity index (χ0) is 15.4. The van der Waals surface area contributed by atoms with Crippen molar-refractivity contribution in [2.24, 2.45) is 0 Å². The Morgan fingerprint density at radius 3 is 2.48 bits per heavy atom. The smallest absolute Gasteiger partial charge is 0.242 e. The van der Waals surface area contributed by atoms with Gasteiger partial charge < -0.3 is 14.7 Å². The van der Waals surface area contributed by atoms with Crippen molar-refractivity contribution in [2.75, 3.05) is 44.7 Å². The van der Waals surface area contributed by atoms with Crippen molar-refractivity contribution in [2.45, 2.75) is 6.92 Å². The third-order valence-electron chi connectivity index (χ3n) is 3.65. The zero-order valence-electron chi connectivity index (χ0n) is 12.4. The Labute approximate surface area is 123 Å². The van der Waals surface area contributed by atoms with Gasteiger partial charge in [0.2, 0.25) is 11.8 Å². The van der Waals surface area contributed by atoms with E-state index in [1.54, 1.807) is 11.0 Å². The molecule has 0 saturated carbocycles. The van der Waals surface area contributed by atoms with E-state index in [2.05, 4.69) is 4.90 Å². The molecular formula is C15H20FN3O2. The third-order valence-corrected chi connectivity index (χ3v) is 3.65. The Bertz CT molecular complexity index is 527. The fourth-order valence-electron chi connectivity index (χ4n) is 2.32. The number of anilines is 1. The van der Waals surface area contributed by atoms with Gasteiger partial charge in [-0.05, 0) is 25.2 Å². The molecule has 2 amide bonds. The van der Waals surface area contributed by atoms with Gasteiger partial charge in [-0.1, -0.05) is 6.07 Å². The standard InChI is InChI=1S/C15H20FN3O2/c1-12(20)19(14-5-3-4-13(16)10-14)11-15(21)18-8-6-17(2)7-9-18/h3-5,10H,6-9,11H2,1-2H3. The lowest BCUT2D eigenvalue weighted by Gasteiger charge is -2.33. The normalized spacial score (nSPS) is 15.9. The Hall–Kier alpha value is -1.95. The van der Waals surface area contributed by atoms with Gasteiger partial charge in [0.1, 0.15) is 12.4 Å². The van der Waals surface area contributed by atoms with Crippen LogP contribution in [0.3, 0.4) is 0 Å². The van der Waals surface area contributed by atoms with E-state index in [1.807, 2.05) is 7.05 Å². The summed E-state index contributed by atoms with van der Waals surface area (Å²) in [4.78, 5) is 29.3. The number of benzene rings is 1. The van der Waals surface area contributed by atoms with E-state index in [1.165, 1.54) is 30.0 Å². The fourth-order valence-corrected chi connectivity index (χ4v) is 2.32. The molecule has 1 saturated heterocycles. The molecule has 1 aromatic carbocycles. The fraction of sp³-hybridized carbons (Fsp3) is 0.467. The molecule has 1 aromatic rings. The highest BCUT2D eigenvalue weighted by atomic mass is 19.1. The van der Waals surface area contributed by atoms with Gasteiger partial charge >= 0.3 is 0 Å². The van der Waals surface area contributed by atoms with E-state index in [0.717, 1.165) is 13.1 Å². The average molecular weight is 293 g/mol. The van der Waals surface area contributed by atoms with Crippen LogP contribution in [0.15, 0.2) is 24.3 Å². The van der Waals surface area contributed by atoms with E-state index in [9.17, 15) is 14.0 Å². The molecule has 0 aliphatic carbocycles. The second-order valence-electron chi connectivity index (χ2n) is 5.27. The highest BCUT2D eigenvalue weighted by molar-refractivity contribution is 5.97. The van der Waals surface area contributed by atoms with Crippen molar-refractivity contribution in [1.29, 1.82) is 0 Å². The topological polar surface area (TPSA) is 43.9 Å². The second kappa shape index (κ2) is 6.67. The average Bonchev–Trinajstić information content (AvgIpc) is 2.45. The van der Waals surface area contributed by atoms with Crippen LogP contribution in [0.25, 0.3) is 0 Å². The zero-order valence-corrected chi connectivity index (χ0v) is 12.4. The van der Waals surface area contributed by atoms with Crippen LogP contribution in [0.5, 0.6) is 0 Å². The van der Waals surface area contributed by atoms with E-state index in [0.29, 0.717) is 18.8 Å². The molecule has 1 heterocycles. The van der Waals surface area contributed by atoms with Gasteiger partial charge in [0.05, 0.1) is 0 Å². The van der Waals surface area contributed by atoms with Gasteiger partial charge in [-0.3, -0.25) is 9.59 Å². The van der Waals surface area contributed by atoms with Crippen molar-refractivity contribution < 1.29 is 14.0 Å². The molecule has 5 nitrogen and oxygen atoms in total. The minimum absolute atomic E-state index is 0.0531. The van der Waals surface area contributed by atoms with E-state index in [4.69, 9.17) is 0 Å². The number of hydrogen-bond donors (Lipinski definition) is 0. The molecule has 114 valence electrons. The second-order valence-corrected chi connectivity index (χ2v) is 5.27. The Morgan fingerprint density at radius 1 is 1.24 bits per heavy atom.